The molecule has 0 radical (unpaired) electrons. The van der Waals surface area contributed by atoms with E-state index in [1.54, 1.807) is 32.4 Å². The molecule has 186 valence electrons. The van der Waals surface area contributed by atoms with E-state index in [2.05, 4.69) is 56.0 Å². The number of aryl methyl sites for hydroxylation is 1. The molecule has 0 aliphatic carbocycles. The van der Waals surface area contributed by atoms with Crippen LogP contribution < -0.4 is 25.0 Å². The zero-order valence-electron chi connectivity index (χ0n) is 20.4. The van der Waals surface area contributed by atoms with E-state index in [-0.39, 0.29) is 6.03 Å². The zero-order chi connectivity index (χ0) is 24.6. The van der Waals surface area contributed by atoms with Gasteiger partial charge in [-0.1, -0.05) is 29.8 Å². The molecule has 2 heterocycles. The number of urea groups is 1. The van der Waals surface area contributed by atoms with Gasteiger partial charge in [-0.3, -0.25) is 4.90 Å². The minimum atomic E-state index is -0.256. The molecule has 35 heavy (non-hydrogen) atoms. The van der Waals surface area contributed by atoms with E-state index in [9.17, 15) is 4.79 Å². The fourth-order valence-corrected chi connectivity index (χ4v) is 4.62. The highest BCUT2D eigenvalue weighted by atomic mass is 32.1. The van der Waals surface area contributed by atoms with Gasteiger partial charge in [0.15, 0.2) is 0 Å². The molecule has 10 heteroatoms. The Bertz CT molecular complexity index is 1090. The summed E-state index contributed by atoms with van der Waals surface area (Å²) >= 11 is 1.47. The lowest BCUT2D eigenvalue weighted by Crippen LogP contribution is -2.48. The zero-order valence-corrected chi connectivity index (χ0v) is 21.2. The molecule has 1 saturated heterocycles. The average molecular weight is 497 g/mol. The maximum Gasteiger partial charge on any atom is 0.319 e. The van der Waals surface area contributed by atoms with E-state index in [1.807, 2.05) is 0 Å². The Labute approximate surface area is 210 Å². The Morgan fingerprint density at radius 1 is 1.03 bits per heavy atom. The van der Waals surface area contributed by atoms with Crippen LogP contribution in [0.3, 0.4) is 0 Å². The number of nitrogens with zero attached hydrogens (tertiary/aromatic N) is 4. The normalized spacial score (nSPS) is 14.0. The lowest BCUT2D eigenvalue weighted by molar-refractivity contribution is 0.240. The van der Waals surface area contributed by atoms with Gasteiger partial charge in [0.25, 0.3) is 0 Å². The Morgan fingerprint density at radius 2 is 1.71 bits per heavy atom. The van der Waals surface area contributed by atoms with Crippen LogP contribution in [0.25, 0.3) is 0 Å². The molecule has 9 nitrogen and oxygen atoms in total. The molecule has 1 aliphatic heterocycles. The number of carbonyl (C=O) groups is 1. The van der Waals surface area contributed by atoms with Gasteiger partial charge < -0.3 is 25.0 Å². The minimum Gasteiger partial charge on any atom is -0.497 e. The number of hydrogen-bond donors (Lipinski definition) is 2. The van der Waals surface area contributed by atoms with Gasteiger partial charge >= 0.3 is 6.03 Å². The molecule has 0 spiro atoms. The van der Waals surface area contributed by atoms with Gasteiger partial charge in [-0.05, 0) is 12.5 Å². The maximum atomic E-state index is 12.3. The number of nitrogens with one attached hydrogen (secondary N) is 2. The molecule has 4 rings (SSSR count). The third kappa shape index (κ3) is 7.06. The number of hydrogen-bond acceptors (Lipinski definition) is 8. The summed E-state index contributed by atoms with van der Waals surface area (Å²) in [5.41, 5.74) is 3.10. The second-order valence-corrected chi connectivity index (χ2v) is 9.20. The number of methoxy groups -OCH3 is 2. The number of aromatic nitrogens is 2. The van der Waals surface area contributed by atoms with Crippen LogP contribution in [0.1, 0.15) is 17.0 Å². The molecule has 3 aromatic rings. The summed E-state index contributed by atoms with van der Waals surface area (Å²) in [7, 11) is 3.15. The third-order valence-electron chi connectivity index (χ3n) is 5.91. The SMILES string of the molecule is COc1cc(NC(=O)NCCN2CCN(c3nc(Cc4ccc(C)cc4)ns3)CC2)cc(OC)c1. The highest BCUT2D eigenvalue weighted by Gasteiger charge is 2.20. The second-order valence-electron chi connectivity index (χ2n) is 8.47. The molecule has 2 aromatic carbocycles. The highest BCUT2D eigenvalue weighted by molar-refractivity contribution is 7.09. The first kappa shape index (κ1) is 24.7. The first-order valence-corrected chi connectivity index (χ1v) is 12.4. The van der Waals surface area contributed by atoms with E-state index in [0.717, 1.165) is 50.1 Å². The topological polar surface area (TPSA) is 91.9 Å². The first-order chi connectivity index (χ1) is 17.0. The van der Waals surface area contributed by atoms with Crippen LogP contribution in [0.2, 0.25) is 0 Å². The summed E-state index contributed by atoms with van der Waals surface area (Å²) in [6.07, 6.45) is 0.757. The summed E-state index contributed by atoms with van der Waals surface area (Å²) in [5, 5.41) is 6.73. The van der Waals surface area contributed by atoms with Crippen LogP contribution in [0.15, 0.2) is 42.5 Å². The minimum absolute atomic E-state index is 0.256. The van der Waals surface area contributed by atoms with E-state index in [1.165, 1.54) is 22.7 Å². The van der Waals surface area contributed by atoms with Gasteiger partial charge in [0.1, 0.15) is 17.3 Å². The van der Waals surface area contributed by atoms with Crippen molar-refractivity contribution in [2.75, 3.05) is 63.7 Å². The number of ether oxygens (including phenoxy) is 2. The van der Waals surface area contributed by atoms with E-state index >= 15 is 0 Å². The summed E-state index contributed by atoms with van der Waals surface area (Å²) in [6.45, 7) is 7.08. The van der Waals surface area contributed by atoms with Crippen molar-refractivity contribution >= 4 is 28.4 Å². The van der Waals surface area contributed by atoms with Gasteiger partial charge in [0, 0.05) is 81.1 Å². The smallest absolute Gasteiger partial charge is 0.319 e. The van der Waals surface area contributed by atoms with Crippen molar-refractivity contribution in [1.29, 1.82) is 0 Å². The number of amides is 2. The molecule has 1 fully saturated rings. The predicted octanol–water partition coefficient (Wildman–Crippen LogP) is 3.40. The molecule has 1 aromatic heterocycles. The molecular weight excluding hydrogens is 464 g/mol. The maximum absolute atomic E-state index is 12.3. The Hall–Kier alpha value is -3.37. The van der Waals surface area contributed by atoms with E-state index < -0.39 is 0 Å². The van der Waals surface area contributed by atoms with E-state index in [0.29, 0.717) is 23.7 Å². The Balaban J connectivity index is 1.18. The van der Waals surface area contributed by atoms with Crippen molar-refractivity contribution in [2.24, 2.45) is 0 Å². The lowest BCUT2D eigenvalue weighted by atomic mass is 10.1. The molecule has 2 N–H and O–H groups in total. The van der Waals surface area contributed by atoms with Crippen LogP contribution in [-0.2, 0) is 6.42 Å². The summed E-state index contributed by atoms with van der Waals surface area (Å²) in [5.74, 6) is 2.12. The first-order valence-electron chi connectivity index (χ1n) is 11.7. The average Bonchev–Trinajstić information content (AvgIpc) is 3.34. The van der Waals surface area contributed by atoms with Crippen LogP contribution in [0, 0.1) is 6.92 Å². The molecule has 0 atom stereocenters. The van der Waals surface area contributed by atoms with Crippen molar-refractivity contribution in [1.82, 2.24) is 19.6 Å². The Morgan fingerprint density at radius 3 is 2.37 bits per heavy atom. The summed E-state index contributed by atoms with van der Waals surface area (Å²) in [4.78, 5) is 21.7. The largest absolute Gasteiger partial charge is 0.497 e. The third-order valence-corrected chi connectivity index (χ3v) is 6.72. The van der Waals surface area contributed by atoms with Gasteiger partial charge in [0.2, 0.25) is 5.13 Å². The van der Waals surface area contributed by atoms with Crippen molar-refractivity contribution in [3.63, 3.8) is 0 Å². The van der Waals surface area contributed by atoms with Crippen LogP contribution >= 0.6 is 11.5 Å². The molecule has 0 bridgehead atoms. The predicted molar refractivity (Wildman–Crippen MR) is 139 cm³/mol. The van der Waals surface area contributed by atoms with Gasteiger partial charge in [-0.25, -0.2) is 9.78 Å². The molecule has 1 aliphatic rings. The van der Waals surface area contributed by atoms with Crippen molar-refractivity contribution in [2.45, 2.75) is 13.3 Å². The van der Waals surface area contributed by atoms with E-state index in [4.69, 9.17) is 14.5 Å². The quantitative estimate of drug-likeness (QED) is 0.469. The van der Waals surface area contributed by atoms with Gasteiger partial charge in [0.05, 0.1) is 14.2 Å². The van der Waals surface area contributed by atoms with Gasteiger partial charge in [-0.2, -0.15) is 4.37 Å². The molecular formula is C25H32N6O3S. The number of carbonyl (C=O) groups excluding carboxylic acids is 1. The summed E-state index contributed by atoms with van der Waals surface area (Å²) < 4.78 is 15.0. The molecule has 0 unspecified atom stereocenters. The van der Waals surface area contributed by atoms with Crippen LogP contribution in [0.5, 0.6) is 11.5 Å². The summed E-state index contributed by atoms with van der Waals surface area (Å²) in [6, 6.07) is 13.5. The fourth-order valence-electron chi connectivity index (χ4n) is 3.88. The highest BCUT2D eigenvalue weighted by Crippen LogP contribution is 2.25. The number of benzene rings is 2. The van der Waals surface area contributed by atoms with Crippen molar-refractivity contribution in [3.8, 4) is 11.5 Å². The lowest BCUT2D eigenvalue weighted by Gasteiger charge is -2.34. The molecule has 0 saturated carbocycles. The van der Waals surface area contributed by atoms with Gasteiger partial charge in [-0.15, -0.1) is 0 Å². The number of anilines is 2. The number of rotatable bonds is 9. The monoisotopic (exact) mass is 496 g/mol. The second kappa shape index (κ2) is 11.9. The van der Waals surface area contributed by atoms with Crippen LogP contribution in [-0.4, -0.2) is 73.8 Å². The van der Waals surface area contributed by atoms with Crippen molar-refractivity contribution in [3.05, 3.63) is 59.4 Å². The Kier molecular flexibility index (Phi) is 8.38. The standard InChI is InChI=1S/C25H32N6O3S/c1-18-4-6-19(7-5-18)14-23-28-25(35-29-23)31-12-10-30(11-13-31)9-8-26-24(32)27-20-15-21(33-2)17-22(16-20)34-3/h4-7,15-17H,8-14H2,1-3H3,(H2,26,27,32). The van der Waals surface area contributed by atoms with Crippen LogP contribution in [0.4, 0.5) is 15.6 Å². The fraction of sp³-hybridized carbons (Fsp3) is 0.400. The number of piperazine rings is 1. The molecule has 2 amide bonds. The van der Waals surface area contributed by atoms with Crippen molar-refractivity contribution < 1.29 is 14.3 Å².